The summed E-state index contributed by atoms with van der Waals surface area (Å²) in [5.74, 6) is -0.987. The number of amides is 1. The van der Waals surface area contributed by atoms with E-state index >= 15 is 0 Å². The monoisotopic (exact) mass is 501 g/mol. The van der Waals surface area contributed by atoms with Crippen LogP contribution in [0.2, 0.25) is 16.6 Å². The fourth-order valence-electron chi connectivity index (χ4n) is 6.31. The second-order valence-corrected chi connectivity index (χ2v) is 15.8. The molecular formula is C27H39NO6Si. The van der Waals surface area contributed by atoms with Crippen molar-refractivity contribution in [3.05, 3.63) is 41.7 Å². The minimum absolute atomic E-state index is 0.146. The van der Waals surface area contributed by atoms with Crippen LogP contribution in [-0.4, -0.2) is 45.4 Å². The van der Waals surface area contributed by atoms with Crippen LogP contribution in [0.3, 0.4) is 0 Å². The van der Waals surface area contributed by atoms with Gasteiger partial charge >= 0.3 is 12.1 Å². The standard InChI is InChI=1S/C27H39NO6Si/c1-9-33-25(30)22-16-20(34-35(17(2)3,18(4)5)19(6)7)14-15-27(22)24(29)21-12-10-11-13-23(21)28(27)26(31)32-8/h10-14,17-19,22H,9,15-16H2,1-8H3/t22-,27-/m1/s1. The molecule has 1 aliphatic heterocycles. The van der Waals surface area contributed by atoms with Crippen LogP contribution >= 0.6 is 0 Å². The van der Waals surface area contributed by atoms with Crippen molar-refractivity contribution in [2.24, 2.45) is 5.92 Å². The number of carbonyl (C=O) groups excluding carboxylic acids is 3. The summed E-state index contributed by atoms with van der Waals surface area (Å²) in [5, 5.41) is 0. The number of carbonyl (C=O) groups is 3. The summed E-state index contributed by atoms with van der Waals surface area (Å²) in [7, 11) is -1.01. The number of benzene rings is 1. The molecule has 1 spiro atoms. The van der Waals surface area contributed by atoms with Gasteiger partial charge in [-0.05, 0) is 41.8 Å². The van der Waals surface area contributed by atoms with E-state index in [-0.39, 0.29) is 25.2 Å². The van der Waals surface area contributed by atoms with Gasteiger partial charge < -0.3 is 13.9 Å². The normalized spacial score (nSPS) is 22.0. The van der Waals surface area contributed by atoms with Crippen molar-refractivity contribution in [1.29, 1.82) is 0 Å². The highest BCUT2D eigenvalue weighted by Crippen LogP contribution is 2.52. The maximum Gasteiger partial charge on any atom is 0.414 e. The Labute approximate surface area is 209 Å². The molecule has 0 unspecified atom stereocenters. The molecule has 0 N–H and O–H groups in total. The Kier molecular flexibility index (Phi) is 7.84. The van der Waals surface area contributed by atoms with Gasteiger partial charge in [0.05, 0.1) is 31.1 Å². The van der Waals surface area contributed by atoms with Gasteiger partial charge in [-0.2, -0.15) is 0 Å². The molecule has 1 aromatic carbocycles. The maximum absolute atomic E-state index is 13.9. The highest BCUT2D eigenvalue weighted by Gasteiger charge is 2.62. The number of ether oxygens (including phenoxy) is 2. The highest BCUT2D eigenvalue weighted by atomic mass is 28.4. The number of fused-ring (bicyclic) bond motifs is 1. The number of hydrogen-bond acceptors (Lipinski definition) is 6. The summed E-state index contributed by atoms with van der Waals surface area (Å²) < 4.78 is 17.5. The van der Waals surface area contributed by atoms with E-state index in [1.807, 2.05) is 6.08 Å². The first-order chi connectivity index (χ1) is 16.5. The Morgan fingerprint density at radius 2 is 1.69 bits per heavy atom. The summed E-state index contributed by atoms with van der Waals surface area (Å²) in [6, 6.07) is 6.92. The van der Waals surface area contributed by atoms with E-state index in [1.165, 1.54) is 12.0 Å². The second kappa shape index (κ2) is 10.2. The van der Waals surface area contributed by atoms with Crippen LogP contribution < -0.4 is 4.90 Å². The van der Waals surface area contributed by atoms with Gasteiger partial charge in [0.15, 0.2) is 5.78 Å². The molecule has 7 nitrogen and oxygen atoms in total. The van der Waals surface area contributed by atoms with Gasteiger partial charge in [0.25, 0.3) is 8.32 Å². The van der Waals surface area contributed by atoms with E-state index in [2.05, 4.69) is 41.5 Å². The van der Waals surface area contributed by atoms with Gasteiger partial charge in [-0.25, -0.2) is 4.79 Å². The third kappa shape index (κ3) is 4.19. The van der Waals surface area contributed by atoms with Gasteiger partial charge in [-0.1, -0.05) is 53.7 Å². The van der Waals surface area contributed by atoms with E-state index in [4.69, 9.17) is 13.9 Å². The zero-order valence-electron chi connectivity index (χ0n) is 22.2. The second-order valence-electron chi connectivity index (χ2n) is 10.4. The molecule has 3 rings (SSSR count). The molecule has 0 saturated carbocycles. The molecule has 1 aliphatic carbocycles. The predicted octanol–water partition coefficient (Wildman–Crippen LogP) is 6.24. The molecule has 1 amide bonds. The van der Waals surface area contributed by atoms with E-state index in [1.54, 1.807) is 31.2 Å². The fraction of sp³-hybridized carbons (Fsp3) is 0.593. The Hall–Kier alpha value is -2.61. The van der Waals surface area contributed by atoms with Gasteiger partial charge in [0.2, 0.25) is 0 Å². The quantitative estimate of drug-likeness (QED) is 0.325. The molecule has 0 aromatic heterocycles. The number of Topliss-reactive ketones (excluding diaryl/α,β-unsaturated/α-hetero) is 1. The van der Waals surface area contributed by atoms with Gasteiger partial charge in [-0.3, -0.25) is 14.5 Å². The number of hydrogen-bond donors (Lipinski definition) is 0. The zero-order chi connectivity index (χ0) is 26.1. The van der Waals surface area contributed by atoms with Gasteiger partial charge in [0, 0.05) is 18.4 Å². The number of para-hydroxylation sites is 1. The van der Waals surface area contributed by atoms with E-state index in [0.29, 0.717) is 33.6 Å². The Morgan fingerprint density at radius 1 is 1.09 bits per heavy atom. The van der Waals surface area contributed by atoms with Crippen LogP contribution in [-0.2, 0) is 18.7 Å². The number of ketones is 1. The largest absolute Gasteiger partial charge is 0.546 e. The number of nitrogens with zero attached hydrogens (tertiary/aromatic N) is 1. The molecule has 0 radical (unpaired) electrons. The number of allylic oxidation sites excluding steroid dienone is 1. The van der Waals surface area contributed by atoms with Crippen molar-refractivity contribution in [3.8, 4) is 0 Å². The van der Waals surface area contributed by atoms with Gasteiger partial charge in [0.1, 0.15) is 5.54 Å². The smallest absolute Gasteiger partial charge is 0.414 e. The summed E-state index contributed by atoms with van der Waals surface area (Å²) in [4.78, 5) is 41.7. The van der Waals surface area contributed by atoms with Crippen molar-refractivity contribution in [2.75, 3.05) is 18.6 Å². The van der Waals surface area contributed by atoms with E-state index in [0.717, 1.165) is 0 Å². The van der Waals surface area contributed by atoms with E-state index < -0.39 is 31.8 Å². The average Bonchev–Trinajstić information content (AvgIpc) is 3.06. The van der Waals surface area contributed by atoms with Crippen molar-refractivity contribution in [3.63, 3.8) is 0 Å². The summed E-state index contributed by atoms with van der Waals surface area (Å²) in [5.41, 5.74) is 0.456. The van der Waals surface area contributed by atoms with Gasteiger partial charge in [-0.15, -0.1) is 0 Å². The van der Waals surface area contributed by atoms with Crippen LogP contribution in [0.15, 0.2) is 36.1 Å². The predicted molar refractivity (Wildman–Crippen MR) is 138 cm³/mol. The third-order valence-corrected chi connectivity index (χ3v) is 13.8. The lowest BCUT2D eigenvalue weighted by Gasteiger charge is -2.47. The van der Waals surface area contributed by atoms with Crippen LogP contribution in [0.4, 0.5) is 10.5 Å². The Morgan fingerprint density at radius 3 is 2.23 bits per heavy atom. The molecule has 2 aliphatic rings. The molecule has 0 bridgehead atoms. The molecule has 2 atom stereocenters. The first-order valence-electron chi connectivity index (χ1n) is 12.6. The Bertz CT molecular complexity index is 995. The number of rotatable bonds is 7. The molecule has 0 saturated heterocycles. The maximum atomic E-state index is 13.9. The van der Waals surface area contributed by atoms with Crippen molar-refractivity contribution < 1.29 is 28.3 Å². The molecule has 1 heterocycles. The zero-order valence-corrected chi connectivity index (χ0v) is 23.2. The number of esters is 1. The summed E-state index contributed by atoms with van der Waals surface area (Å²) in [6.07, 6.45) is 1.57. The Balaban J connectivity index is 2.15. The minimum atomic E-state index is -2.29. The molecule has 192 valence electrons. The van der Waals surface area contributed by atoms with Crippen molar-refractivity contribution in [2.45, 2.75) is 83.5 Å². The third-order valence-electron chi connectivity index (χ3n) is 7.75. The minimum Gasteiger partial charge on any atom is -0.546 e. The van der Waals surface area contributed by atoms with Crippen LogP contribution in [0.5, 0.6) is 0 Å². The van der Waals surface area contributed by atoms with Crippen molar-refractivity contribution >= 4 is 31.9 Å². The SMILES string of the molecule is CCOC(=O)[C@H]1CC(O[Si](C(C)C)(C(C)C)C(C)C)=CC[C@]12C(=O)c1ccccc1N2C(=O)OC. The topological polar surface area (TPSA) is 82.1 Å². The number of anilines is 1. The van der Waals surface area contributed by atoms with E-state index in [9.17, 15) is 14.4 Å². The fourth-order valence-corrected chi connectivity index (χ4v) is 11.6. The molecule has 0 fully saturated rings. The lowest BCUT2D eigenvalue weighted by atomic mass is 9.72. The lowest BCUT2D eigenvalue weighted by Crippen LogP contribution is -2.61. The first kappa shape index (κ1) is 27.0. The summed E-state index contributed by atoms with van der Waals surface area (Å²) in [6.45, 7) is 15.1. The molecular weight excluding hydrogens is 462 g/mol. The molecule has 8 heteroatoms. The highest BCUT2D eigenvalue weighted by molar-refractivity contribution is 6.77. The average molecular weight is 502 g/mol. The molecule has 35 heavy (non-hydrogen) atoms. The van der Waals surface area contributed by atoms with Crippen LogP contribution in [0.25, 0.3) is 0 Å². The first-order valence-corrected chi connectivity index (χ1v) is 14.7. The summed E-state index contributed by atoms with van der Waals surface area (Å²) >= 11 is 0. The molecule has 1 aromatic rings. The number of methoxy groups -OCH3 is 1. The van der Waals surface area contributed by atoms with Crippen LogP contribution in [0.1, 0.15) is 71.7 Å². The van der Waals surface area contributed by atoms with Crippen LogP contribution in [0, 0.1) is 5.92 Å². The lowest BCUT2D eigenvalue weighted by molar-refractivity contribution is -0.150. The van der Waals surface area contributed by atoms with Crippen molar-refractivity contribution in [1.82, 2.24) is 0 Å².